The third-order valence-electron chi connectivity index (χ3n) is 3.37. The zero-order chi connectivity index (χ0) is 14.7. The van der Waals surface area contributed by atoms with Crippen LogP contribution in [0.3, 0.4) is 0 Å². The predicted molar refractivity (Wildman–Crippen MR) is 107 cm³/mol. The summed E-state index contributed by atoms with van der Waals surface area (Å²) in [5.74, 6) is 0.997. The van der Waals surface area contributed by atoms with Gasteiger partial charge >= 0.3 is 0 Å². The van der Waals surface area contributed by atoms with E-state index >= 15 is 0 Å². The van der Waals surface area contributed by atoms with Gasteiger partial charge < -0.3 is 14.8 Å². The van der Waals surface area contributed by atoms with Gasteiger partial charge in [0.2, 0.25) is 0 Å². The molecule has 0 spiro atoms. The molecule has 1 N–H and O–H groups in total. The molecule has 0 saturated heterocycles. The van der Waals surface area contributed by atoms with Gasteiger partial charge in [-0.3, -0.25) is 0 Å². The molecular formula is C14H18I3NO2. The summed E-state index contributed by atoms with van der Waals surface area (Å²) >= 11 is 7.03. The highest BCUT2D eigenvalue weighted by atomic mass is 127. The van der Waals surface area contributed by atoms with Gasteiger partial charge in [-0.05, 0) is 93.4 Å². The summed E-state index contributed by atoms with van der Waals surface area (Å²) in [6.07, 6.45) is 2.35. The van der Waals surface area contributed by atoms with Crippen LogP contribution in [0.15, 0.2) is 12.1 Å². The molecular weight excluding hydrogens is 595 g/mol. The summed E-state index contributed by atoms with van der Waals surface area (Å²) in [5, 5.41) is 3.30. The minimum Gasteiger partial charge on any atom is -0.485 e. The lowest BCUT2D eigenvalue weighted by Crippen LogP contribution is -2.60. The Hall–Kier alpha value is 1.13. The zero-order valence-electron chi connectivity index (χ0n) is 11.5. The molecule has 1 aliphatic rings. The van der Waals surface area contributed by atoms with Gasteiger partial charge in [0, 0.05) is 22.6 Å². The van der Waals surface area contributed by atoms with Gasteiger partial charge in [-0.25, -0.2) is 0 Å². The number of ether oxygens (including phenoxy) is 2. The van der Waals surface area contributed by atoms with Crippen LogP contribution in [0.2, 0.25) is 0 Å². The summed E-state index contributed by atoms with van der Waals surface area (Å²) in [7, 11) is 1.99. The monoisotopic (exact) mass is 613 g/mol. The highest BCUT2D eigenvalue weighted by Gasteiger charge is 2.43. The smallest absolute Gasteiger partial charge is 0.146 e. The van der Waals surface area contributed by atoms with E-state index in [-0.39, 0.29) is 12.2 Å². The quantitative estimate of drug-likeness (QED) is 0.493. The van der Waals surface area contributed by atoms with Gasteiger partial charge in [-0.1, -0.05) is 6.92 Å². The van der Waals surface area contributed by atoms with Crippen molar-refractivity contribution in [2.75, 3.05) is 13.7 Å². The topological polar surface area (TPSA) is 30.5 Å². The summed E-state index contributed by atoms with van der Waals surface area (Å²) in [4.78, 5) is 0. The van der Waals surface area contributed by atoms with Crippen molar-refractivity contribution in [3.63, 3.8) is 0 Å². The lowest BCUT2D eigenvalue weighted by molar-refractivity contribution is -0.106. The van der Waals surface area contributed by atoms with Crippen LogP contribution in [0, 0.1) is 10.7 Å². The Kier molecular flexibility index (Phi) is 7.09. The Morgan fingerprint density at radius 3 is 2.45 bits per heavy atom. The molecule has 3 nitrogen and oxygen atoms in total. The number of rotatable bonds is 6. The molecule has 2 rings (SSSR count). The standard InChI is InChI=1S/C14H18I3NO2/c1-3-4-19-14-11(18-2)7-12(14)20-13-9(16)5-8(15)6-10(13)17/h5-6,11-12,14,18H,3-4,7H2,1-2H3. The van der Waals surface area contributed by atoms with Gasteiger partial charge in [-0.15, -0.1) is 0 Å². The number of likely N-dealkylation sites (N-methyl/N-ethyl adjacent to an activating group) is 1. The average molecular weight is 613 g/mol. The van der Waals surface area contributed by atoms with E-state index in [0.29, 0.717) is 6.04 Å². The largest absolute Gasteiger partial charge is 0.485 e. The van der Waals surface area contributed by atoms with E-state index in [2.05, 4.69) is 92.1 Å². The number of hydrogen-bond donors (Lipinski definition) is 1. The predicted octanol–water partition coefficient (Wildman–Crippen LogP) is 4.03. The van der Waals surface area contributed by atoms with Gasteiger partial charge in [0.1, 0.15) is 18.0 Å². The summed E-state index contributed by atoms with van der Waals surface area (Å²) in [6.45, 7) is 2.93. The fourth-order valence-corrected chi connectivity index (χ4v) is 6.09. The lowest BCUT2D eigenvalue weighted by atomic mass is 9.85. The molecule has 0 aliphatic heterocycles. The van der Waals surface area contributed by atoms with Crippen LogP contribution in [0.4, 0.5) is 0 Å². The third-order valence-corrected chi connectivity index (χ3v) is 5.59. The molecule has 1 saturated carbocycles. The molecule has 1 aromatic rings. The van der Waals surface area contributed by atoms with E-state index < -0.39 is 0 Å². The first-order valence-electron chi connectivity index (χ1n) is 6.66. The molecule has 1 aromatic carbocycles. The molecule has 0 bridgehead atoms. The van der Waals surface area contributed by atoms with Crippen molar-refractivity contribution in [1.82, 2.24) is 5.32 Å². The second-order valence-corrected chi connectivity index (χ2v) is 8.39. The maximum Gasteiger partial charge on any atom is 0.146 e. The molecule has 3 atom stereocenters. The molecule has 0 heterocycles. The fraction of sp³-hybridized carbons (Fsp3) is 0.571. The number of halogens is 3. The molecule has 0 amide bonds. The van der Waals surface area contributed by atoms with E-state index in [1.807, 2.05) is 7.05 Å². The minimum absolute atomic E-state index is 0.154. The summed E-state index contributed by atoms with van der Waals surface area (Å²) < 4.78 is 15.7. The maximum atomic E-state index is 6.23. The van der Waals surface area contributed by atoms with Crippen molar-refractivity contribution in [2.45, 2.75) is 38.0 Å². The van der Waals surface area contributed by atoms with Gasteiger partial charge in [0.25, 0.3) is 0 Å². The normalized spacial score (nSPS) is 25.4. The zero-order valence-corrected chi connectivity index (χ0v) is 17.9. The van der Waals surface area contributed by atoms with Crippen LogP contribution in [-0.4, -0.2) is 31.9 Å². The summed E-state index contributed by atoms with van der Waals surface area (Å²) in [5.41, 5.74) is 0. The highest BCUT2D eigenvalue weighted by Crippen LogP contribution is 2.35. The highest BCUT2D eigenvalue weighted by molar-refractivity contribution is 14.1. The van der Waals surface area contributed by atoms with Crippen LogP contribution < -0.4 is 10.1 Å². The van der Waals surface area contributed by atoms with Crippen molar-refractivity contribution >= 4 is 67.8 Å². The van der Waals surface area contributed by atoms with Crippen LogP contribution in [0.25, 0.3) is 0 Å². The SMILES string of the molecule is CCCOC1C(NC)CC1Oc1c(I)cc(I)cc1I. The molecule has 1 aliphatic carbocycles. The molecule has 6 heteroatoms. The lowest BCUT2D eigenvalue weighted by Gasteiger charge is -2.44. The van der Waals surface area contributed by atoms with Crippen molar-refractivity contribution < 1.29 is 9.47 Å². The molecule has 1 fully saturated rings. The molecule has 0 radical (unpaired) electrons. The molecule has 3 unspecified atom stereocenters. The van der Waals surface area contributed by atoms with Crippen LogP contribution in [0.5, 0.6) is 5.75 Å². The van der Waals surface area contributed by atoms with Gasteiger partial charge in [0.05, 0.1) is 7.14 Å². The summed E-state index contributed by atoms with van der Waals surface area (Å²) in [6, 6.07) is 4.70. The Labute approximate surface area is 161 Å². The Morgan fingerprint density at radius 2 is 1.90 bits per heavy atom. The second kappa shape index (κ2) is 8.11. The third kappa shape index (κ3) is 4.11. The van der Waals surface area contributed by atoms with Gasteiger partial charge in [0.15, 0.2) is 0 Å². The Morgan fingerprint density at radius 1 is 1.25 bits per heavy atom. The molecule has 112 valence electrons. The number of hydrogen-bond acceptors (Lipinski definition) is 3. The van der Waals surface area contributed by atoms with Crippen molar-refractivity contribution in [1.29, 1.82) is 0 Å². The van der Waals surface area contributed by atoms with E-state index in [1.54, 1.807) is 0 Å². The van der Waals surface area contributed by atoms with Crippen molar-refractivity contribution in [3.05, 3.63) is 22.8 Å². The van der Waals surface area contributed by atoms with Crippen LogP contribution in [-0.2, 0) is 4.74 Å². The average Bonchev–Trinajstić information content (AvgIpc) is 2.36. The second-order valence-electron chi connectivity index (χ2n) is 4.82. The first-order valence-corrected chi connectivity index (χ1v) is 9.90. The Balaban J connectivity index is 2.06. The van der Waals surface area contributed by atoms with Gasteiger partial charge in [-0.2, -0.15) is 0 Å². The molecule has 0 aromatic heterocycles. The fourth-order valence-electron chi connectivity index (χ4n) is 2.25. The maximum absolute atomic E-state index is 6.23. The van der Waals surface area contributed by atoms with E-state index in [1.165, 1.54) is 10.7 Å². The number of benzene rings is 1. The number of nitrogens with one attached hydrogen (secondary N) is 1. The van der Waals surface area contributed by atoms with Crippen LogP contribution in [0.1, 0.15) is 19.8 Å². The minimum atomic E-state index is 0.154. The van der Waals surface area contributed by atoms with Crippen molar-refractivity contribution in [3.8, 4) is 5.75 Å². The van der Waals surface area contributed by atoms with E-state index in [4.69, 9.17) is 9.47 Å². The first kappa shape index (κ1) is 17.5. The molecule has 20 heavy (non-hydrogen) atoms. The van der Waals surface area contributed by atoms with E-state index in [0.717, 1.165) is 25.2 Å². The Bertz CT molecular complexity index is 447. The van der Waals surface area contributed by atoms with Crippen molar-refractivity contribution in [2.24, 2.45) is 0 Å². The van der Waals surface area contributed by atoms with E-state index in [9.17, 15) is 0 Å². The van der Waals surface area contributed by atoms with Crippen LogP contribution >= 0.6 is 67.8 Å². The first-order chi connectivity index (χ1) is 9.56.